The maximum Gasteiger partial charge on any atom is 0.155 e. The molecule has 0 radical (unpaired) electrons. The van der Waals surface area contributed by atoms with Crippen LogP contribution in [0.25, 0.3) is 0 Å². The minimum Gasteiger partial charge on any atom is -0.247 e. The van der Waals surface area contributed by atoms with Crippen LogP contribution in [0.1, 0.15) is 0 Å². The lowest BCUT2D eigenvalue weighted by Gasteiger charge is -1.86. The van der Waals surface area contributed by atoms with Crippen molar-refractivity contribution < 1.29 is 4.39 Å². The van der Waals surface area contributed by atoms with E-state index in [9.17, 15) is 4.39 Å². The monoisotopic (exact) mass is 223 g/mol. The predicted octanol–water partition coefficient (Wildman–Crippen LogP) is 1.83. The fraction of sp³-hybridized carbons (Fsp3) is 0. The molecule has 0 spiro atoms. The summed E-state index contributed by atoms with van der Waals surface area (Å²) < 4.78 is 12.7. The van der Waals surface area contributed by atoms with E-state index < -0.39 is 0 Å². The fourth-order valence-electron chi connectivity index (χ4n) is 0.366. The summed E-state index contributed by atoms with van der Waals surface area (Å²) in [6.07, 6.45) is 1.56. The lowest BCUT2D eigenvalue weighted by atomic mass is 10.5. The summed E-state index contributed by atoms with van der Waals surface area (Å²) in [7, 11) is 0. The molecule has 0 aliphatic rings. The molecule has 0 atom stereocenters. The number of hydrogen-bond donors (Lipinski definition) is 0. The van der Waals surface area contributed by atoms with Crippen LogP contribution < -0.4 is 0 Å². The Morgan fingerprint density at radius 2 is 2.38 bits per heavy atom. The molecule has 0 amide bonds. The highest BCUT2D eigenvalue weighted by atomic mass is 127. The summed E-state index contributed by atoms with van der Waals surface area (Å²) in [4.78, 5) is 3.69. The molecule has 3 heteroatoms. The van der Waals surface area contributed by atoms with Crippen LogP contribution in [0.2, 0.25) is 0 Å². The van der Waals surface area contributed by atoms with E-state index in [1.54, 1.807) is 12.3 Å². The summed E-state index contributed by atoms with van der Waals surface area (Å²) in [5.74, 6) is -0.256. The highest BCUT2D eigenvalue weighted by Crippen LogP contribution is 2.03. The Balaban J connectivity index is 3.13. The van der Waals surface area contributed by atoms with Gasteiger partial charge >= 0.3 is 0 Å². The van der Waals surface area contributed by atoms with Gasteiger partial charge in [0.15, 0.2) is 5.82 Å². The second-order valence-electron chi connectivity index (χ2n) is 1.28. The molecule has 1 nitrogen and oxygen atoms in total. The van der Waals surface area contributed by atoms with Gasteiger partial charge in [0.1, 0.15) is 3.70 Å². The van der Waals surface area contributed by atoms with E-state index in [1.807, 2.05) is 22.6 Å². The number of hydrogen-bond acceptors (Lipinski definition) is 1. The largest absolute Gasteiger partial charge is 0.247 e. The molecule has 0 aliphatic carbocycles. The van der Waals surface area contributed by atoms with Crippen LogP contribution in [0, 0.1) is 9.52 Å². The zero-order valence-electron chi connectivity index (χ0n) is 3.94. The van der Waals surface area contributed by atoms with E-state index in [1.165, 1.54) is 6.07 Å². The van der Waals surface area contributed by atoms with Gasteiger partial charge in [0.05, 0.1) is 0 Å². The van der Waals surface area contributed by atoms with Crippen molar-refractivity contribution in [2.24, 2.45) is 0 Å². The summed E-state index contributed by atoms with van der Waals surface area (Å²) >= 11 is 1.84. The standard InChI is InChI=1S/C5H3FIN/c6-4-2-1-3-8-5(4)7/h1-3H. The molecule has 8 heavy (non-hydrogen) atoms. The topological polar surface area (TPSA) is 12.9 Å². The zero-order chi connectivity index (χ0) is 5.98. The molecule has 0 saturated carbocycles. The lowest BCUT2D eigenvalue weighted by molar-refractivity contribution is 0.612. The molecular formula is C5H3FIN. The Morgan fingerprint density at radius 1 is 1.62 bits per heavy atom. The lowest BCUT2D eigenvalue weighted by Crippen LogP contribution is -1.82. The zero-order valence-corrected chi connectivity index (χ0v) is 6.09. The third-order valence-electron chi connectivity index (χ3n) is 0.714. The Bertz CT molecular complexity index is 169. The van der Waals surface area contributed by atoms with Gasteiger partial charge in [0.2, 0.25) is 0 Å². The molecule has 0 bridgehead atoms. The van der Waals surface area contributed by atoms with Crippen LogP contribution in [0.5, 0.6) is 0 Å². The number of rotatable bonds is 0. The number of pyridine rings is 1. The molecule has 42 valence electrons. The maximum atomic E-state index is 12.2. The van der Waals surface area contributed by atoms with Gasteiger partial charge < -0.3 is 0 Å². The Hall–Kier alpha value is -0.190. The van der Waals surface area contributed by atoms with Crippen molar-refractivity contribution in [2.75, 3.05) is 0 Å². The van der Waals surface area contributed by atoms with Crippen LogP contribution in [0.4, 0.5) is 4.39 Å². The second kappa shape index (κ2) is 2.39. The summed E-state index contributed by atoms with van der Waals surface area (Å²) in [6, 6.07) is 2.95. The van der Waals surface area contributed by atoms with E-state index >= 15 is 0 Å². The van der Waals surface area contributed by atoms with Crippen molar-refractivity contribution in [3.63, 3.8) is 0 Å². The van der Waals surface area contributed by atoms with E-state index in [4.69, 9.17) is 0 Å². The SMILES string of the molecule is Fc1cccnc1I. The molecule has 1 rings (SSSR count). The minimum atomic E-state index is -0.256. The Morgan fingerprint density at radius 3 is 2.75 bits per heavy atom. The van der Waals surface area contributed by atoms with Gasteiger partial charge in [-0.15, -0.1) is 0 Å². The Labute approximate surface area is 60.1 Å². The van der Waals surface area contributed by atoms with Crippen molar-refractivity contribution in [1.82, 2.24) is 4.98 Å². The smallest absolute Gasteiger partial charge is 0.155 e. The molecule has 1 aromatic heterocycles. The molecule has 1 heterocycles. The average molecular weight is 223 g/mol. The van der Waals surface area contributed by atoms with Crippen LogP contribution in [0.3, 0.4) is 0 Å². The first-order valence-electron chi connectivity index (χ1n) is 2.07. The quantitative estimate of drug-likeness (QED) is 0.482. The predicted molar refractivity (Wildman–Crippen MR) is 36.9 cm³/mol. The Kier molecular flexibility index (Phi) is 1.77. The molecule has 0 N–H and O–H groups in total. The number of halogens is 2. The highest BCUT2D eigenvalue weighted by Gasteiger charge is 1.92. The van der Waals surface area contributed by atoms with Gasteiger partial charge in [-0.05, 0) is 34.7 Å². The van der Waals surface area contributed by atoms with Crippen molar-refractivity contribution in [3.8, 4) is 0 Å². The third kappa shape index (κ3) is 1.15. The van der Waals surface area contributed by atoms with Crippen molar-refractivity contribution in [1.29, 1.82) is 0 Å². The van der Waals surface area contributed by atoms with Gasteiger partial charge in [-0.25, -0.2) is 9.37 Å². The summed E-state index contributed by atoms with van der Waals surface area (Å²) in [6.45, 7) is 0. The van der Waals surface area contributed by atoms with Crippen LogP contribution in [-0.4, -0.2) is 4.98 Å². The molecule has 1 aromatic rings. The molecule has 0 fully saturated rings. The first-order valence-corrected chi connectivity index (χ1v) is 3.14. The molecule has 0 aromatic carbocycles. The molecular weight excluding hydrogens is 220 g/mol. The van der Waals surface area contributed by atoms with E-state index in [0.29, 0.717) is 3.70 Å². The van der Waals surface area contributed by atoms with Gasteiger partial charge in [-0.3, -0.25) is 0 Å². The number of nitrogens with zero attached hydrogens (tertiary/aromatic N) is 1. The molecule has 0 aliphatic heterocycles. The normalized spacial score (nSPS) is 9.25. The fourth-order valence-corrected chi connectivity index (χ4v) is 0.707. The average Bonchev–Trinajstić information content (AvgIpc) is 1.77. The van der Waals surface area contributed by atoms with Crippen molar-refractivity contribution >= 4 is 22.6 Å². The van der Waals surface area contributed by atoms with Gasteiger partial charge in [0, 0.05) is 6.20 Å². The van der Waals surface area contributed by atoms with E-state index in [2.05, 4.69) is 4.98 Å². The summed E-state index contributed by atoms with van der Waals surface area (Å²) in [5.41, 5.74) is 0. The van der Waals surface area contributed by atoms with Crippen molar-refractivity contribution in [3.05, 3.63) is 27.8 Å². The molecule has 0 unspecified atom stereocenters. The first kappa shape index (κ1) is 5.94. The number of aromatic nitrogens is 1. The van der Waals surface area contributed by atoms with Gasteiger partial charge in [0.25, 0.3) is 0 Å². The van der Waals surface area contributed by atoms with Gasteiger partial charge in [-0.2, -0.15) is 0 Å². The van der Waals surface area contributed by atoms with E-state index in [-0.39, 0.29) is 5.82 Å². The van der Waals surface area contributed by atoms with Crippen molar-refractivity contribution in [2.45, 2.75) is 0 Å². The van der Waals surface area contributed by atoms with E-state index in [0.717, 1.165) is 0 Å². The maximum absolute atomic E-state index is 12.2. The molecule has 0 saturated heterocycles. The summed E-state index contributed by atoms with van der Waals surface area (Å²) in [5, 5.41) is 0. The van der Waals surface area contributed by atoms with Crippen LogP contribution in [0.15, 0.2) is 18.3 Å². The van der Waals surface area contributed by atoms with Gasteiger partial charge in [-0.1, -0.05) is 0 Å². The third-order valence-corrected chi connectivity index (χ3v) is 1.51. The second-order valence-corrected chi connectivity index (χ2v) is 2.30. The van der Waals surface area contributed by atoms with Crippen LogP contribution in [-0.2, 0) is 0 Å². The van der Waals surface area contributed by atoms with Crippen LogP contribution >= 0.6 is 22.6 Å². The minimum absolute atomic E-state index is 0.256. The highest BCUT2D eigenvalue weighted by molar-refractivity contribution is 14.1. The first-order chi connectivity index (χ1) is 3.80.